The van der Waals surface area contributed by atoms with Crippen molar-refractivity contribution >= 4 is 11.8 Å². The topological polar surface area (TPSA) is 40.6 Å². The van der Waals surface area contributed by atoms with Gasteiger partial charge in [-0.3, -0.25) is 19.4 Å². The van der Waals surface area contributed by atoms with Gasteiger partial charge in [0.1, 0.15) is 0 Å². The lowest BCUT2D eigenvalue weighted by Gasteiger charge is -2.31. The number of benzene rings is 2. The van der Waals surface area contributed by atoms with Gasteiger partial charge >= 0.3 is 0 Å². The Morgan fingerprint density at radius 3 is 2.42 bits per heavy atom. The average Bonchev–Trinajstić information content (AvgIpc) is 2.90. The highest BCUT2D eigenvalue weighted by molar-refractivity contribution is 6.06. The molecule has 2 heterocycles. The maximum Gasteiger partial charge on any atom is 0.238 e. The number of hydrogen-bond acceptors (Lipinski definition) is 3. The van der Waals surface area contributed by atoms with Crippen LogP contribution >= 0.6 is 0 Å². The Labute approximate surface area is 141 Å². The molecule has 2 aromatic carbocycles. The van der Waals surface area contributed by atoms with Gasteiger partial charge in [-0.1, -0.05) is 54.6 Å². The summed E-state index contributed by atoms with van der Waals surface area (Å²) in [5.74, 6) is -0.450. The number of carbonyl (C=O) groups is 2. The minimum Gasteiger partial charge on any atom is -0.281 e. The molecule has 0 N–H and O–H groups in total. The lowest BCUT2D eigenvalue weighted by atomic mass is 9.98. The van der Waals surface area contributed by atoms with Crippen LogP contribution in [-0.4, -0.2) is 34.8 Å². The maximum atomic E-state index is 12.7. The second-order valence-electron chi connectivity index (χ2n) is 6.54. The third-order valence-corrected chi connectivity index (χ3v) is 5.00. The first-order valence-corrected chi connectivity index (χ1v) is 8.40. The van der Waals surface area contributed by atoms with E-state index in [1.807, 2.05) is 36.4 Å². The molecule has 0 saturated carbocycles. The lowest BCUT2D eigenvalue weighted by molar-refractivity contribution is -0.141. The molecule has 0 bridgehead atoms. The molecule has 1 fully saturated rings. The van der Waals surface area contributed by atoms with E-state index in [1.54, 1.807) is 0 Å². The Morgan fingerprint density at radius 1 is 0.917 bits per heavy atom. The highest BCUT2D eigenvalue weighted by atomic mass is 16.2. The fraction of sp³-hybridized carbons (Fsp3) is 0.300. The summed E-state index contributed by atoms with van der Waals surface area (Å²) >= 11 is 0. The van der Waals surface area contributed by atoms with Crippen LogP contribution in [0, 0.1) is 0 Å². The van der Waals surface area contributed by atoms with E-state index in [2.05, 4.69) is 23.1 Å². The van der Waals surface area contributed by atoms with Crippen molar-refractivity contribution in [3.05, 3.63) is 71.3 Å². The summed E-state index contributed by atoms with van der Waals surface area (Å²) in [5, 5.41) is 0. The molecule has 0 radical (unpaired) electrons. The molecule has 4 heteroatoms. The second kappa shape index (κ2) is 6.21. The van der Waals surface area contributed by atoms with Crippen molar-refractivity contribution in [2.24, 2.45) is 0 Å². The van der Waals surface area contributed by atoms with Gasteiger partial charge in [-0.15, -0.1) is 0 Å². The summed E-state index contributed by atoms with van der Waals surface area (Å²) in [6.07, 6.45) is 1.25. The number of likely N-dealkylation sites (tertiary alicyclic amines) is 1. The number of fused-ring (bicyclic) bond motifs is 1. The van der Waals surface area contributed by atoms with Crippen molar-refractivity contribution < 1.29 is 9.59 Å². The molecule has 2 amide bonds. The van der Waals surface area contributed by atoms with Crippen LogP contribution in [0.5, 0.6) is 0 Å². The van der Waals surface area contributed by atoms with Gasteiger partial charge < -0.3 is 0 Å². The summed E-state index contributed by atoms with van der Waals surface area (Å²) in [5.41, 5.74) is 3.60. The van der Waals surface area contributed by atoms with Gasteiger partial charge in [-0.25, -0.2) is 0 Å². The fourth-order valence-electron chi connectivity index (χ4n) is 3.65. The number of imide groups is 1. The van der Waals surface area contributed by atoms with Gasteiger partial charge in [0.2, 0.25) is 11.8 Å². The van der Waals surface area contributed by atoms with E-state index in [9.17, 15) is 9.59 Å². The first-order valence-electron chi connectivity index (χ1n) is 8.40. The monoisotopic (exact) mass is 320 g/mol. The van der Waals surface area contributed by atoms with Crippen molar-refractivity contribution in [3.63, 3.8) is 0 Å². The van der Waals surface area contributed by atoms with Crippen molar-refractivity contribution in [3.8, 4) is 0 Å². The minimum atomic E-state index is -0.323. The molecule has 4 nitrogen and oxygen atoms in total. The zero-order valence-electron chi connectivity index (χ0n) is 13.5. The summed E-state index contributed by atoms with van der Waals surface area (Å²) in [4.78, 5) is 28.7. The average molecular weight is 320 g/mol. The van der Waals surface area contributed by atoms with Gasteiger partial charge in [0.25, 0.3) is 0 Å². The Balaban J connectivity index is 1.48. The van der Waals surface area contributed by atoms with Gasteiger partial charge in [-0.05, 0) is 23.1 Å². The van der Waals surface area contributed by atoms with Gasteiger partial charge in [0.15, 0.2) is 0 Å². The molecule has 2 aliphatic heterocycles. The van der Waals surface area contributed by atoms with Crippen LogP contribution in [0.15, 0.2) is 54.6 Å². The molecule has 0 aliphatic carbocycles. The maximum absolute atomic E-state index is 12.7. The summed E-state index contributed by atoms with van der Waals surface area (Å²) < 4.78 is 0. The van der Waals surface area contributed by atoms with Crippen LogP contribution in [0.4, 0.5) is 0 Å². The van der Waals surface area contributed by atoms with Crippen LogP contribution < -0.4 is 0 Å². The lowest BCUT2D eigenvalue weighted by Crippen LogP contribution is -2.43. The third-order valence-electron chi connectivity index (χ3n) is 5.00. The largest absolute Gasteiger partial charge is 0.281 e. The van der Waals surface area contributed by atoms with E-state index in [-0.39, 0.29) is 24.2 Å². The predicted octanol–water partition coefficient (Wildman–Crippen LogP) is 2.54. The van der Waals surface area contributed by atoms with E-state index in [0.717, 1.165) is 25.1 Å². The zero-order valence-corrected chi connectivity index (χ0v) is 13.5. The summed E-state index contributed by atoms with van der Waals surface area (Å²) in [6, 6.07) is 18.0. The van der Waals surface area contributed by atoms with Crippen molar-refractivity contribution in [2.45, 2.75) is 25.3 Å². The molecular weight excluding hydrogens is 300 g/mol. The van der Waals surface area contributed by atoms with Gasteiger partial charge in [0.05, 0.1) is 12.6 Å². The smallest absolute Gasteiger partial charge is 0.238 e. The molecule has 2 aromatic rings. The van der Waals surface area contributed by atoms with Crippen LogP contribution in [0.3, 0.4) is 0 Å². The number of nitrogens with zero attached hydrogens (tertiary/aromatic N) is 2. The van der Waals surface area contributed by atoms with Gasteiger partial charge in [0, 0.05) is 19.5 Å². The van der Waals surface area contributed by atoms with E-state index in [0.29, 0.717) is 6.67 Å². The van der Waals surface area contributed by atoms with E-state index < -0.39 is 0 Å². The molecule has 0 aromatic heterocycles. The van der Waals surface area contributed by atoms with Crippen LogP contribution in [0.2, 0.25) is 0 Å². The van der Waals surface area contributed by atoms with Crippen molar-refractivity contribution in [1.82, 2.24) is 9.80 Å². The number of carbonyl (C=O) groups excluding carboxylic acids is 2. The Morgan fingerprint density at radius 2 is 1.62 bits per heavy atom. The molecule has 122 valence electrons. The van der Waals surface area contributed by atoms with Crippen LogP contribution in [-0.2, 0) is 22.6 Å². The SMILES string of the molecule is O=C1C[C@H](c2ccccc2)C(=O)N1CN1CCc2ccccc2C1. The molecule has 24 heavy (non-hydrogen) atoms. The second-order valence-corrected chi connectivity index (χ2v) is 6.54. The molecular formula is C20H20N2O2. The van der Waals surface area contributed by atoms with Crippen molar-refractivity contribution in [2.75, 3.05) is 13.2 Å². The van der Waals surface area contributed by atoms with Crippen LogP contribution in [0.1, 0.15) is 29.0 Å². The first-order chi connectivity index (χ1) is 11.7. The quantitative estimate of drug-likeness (QED) is 0.816. The summed E-state index contributed by atoms with van der Waals surface area (Å²) in [6.45, 7) is 2.07. The Bertz CT molecular complexity index is 772. The fourth-order valence-corrected chi connectivity index (χ4v) is 3.65. The molecule has 0 spiro atoms. The minimum absolute atomic E-state index is 0.0623. The molecule has 4 rings (SSSR count). The number of amides is 2. The molecule has 1 atom stereocenters. The van der Waals surface area contributed by atoms with Gasteiger partial charge in [-0.2, -0.15) is 0 Å². The molecule has 1 saturated heterocycles. The van der Waals surface area contributed by atoms with Crippen molar-refractivity contribution in [1.29, 1.82) is 0 Å². The van der Waals surface area contributed by atoms with E-state index in [4.69, 9.17) is 0 Å². The number of rotatable bonds is 3. The molecule has 2 aliphatic rings. The highest BCUT2D eigenvalue weighted by Gasteiger charge is 2.40. The first kappa shape index (κ1) is 15.1. The normalized spacial score (nSPS) is 21.2. The predicted molar refractivity (Wildman–Crippen MR) is 91.1 cm³/mol. The van der Waals surface area contributed by atoms with E-state index >= 15 is 0 Å². The Hall–Kier alpha value is -2.46. The summed E-state index contributed by atoms with van der Waals surface area (Å²) in [7, 11) is 0. The Kier molecular flexibility index (Phi) is 3.90. The van der Waals surface area contributed by atoms with E-state index in [1.165, 1.54) is 16.0 Å². The third kappa shape index (κ3) is 2.74. The highest BCUT2D eigenvalue weighted by Crippen LogP contribution is 2.30. The standard InChI is InChI=1S/C20H20N2O2/c23-19-12-18(16-7-2-1-3-8-16)20(24)22(19)14-21-11-10-15-6-4-5-9-17(15)13-21/h1-9,18H,10-14H2/t18-/m1/s1. The zero-order chi connectivity index (χ0) is 16.5. The van der Waals surface area contributed by atoms with Crippen LogP contribution in [0.25, 0.3) is 0 Å². The number of hydrogen-bond donors (Lipinski definition) is 0. The molecule has 0 unspecified atom stereocenters.